The molecule has 0 aliphatic rings. The lowest BCUT2D eigenvalue weighted by atomic mass is 10.1. The molecule has 0 saturated heterocycles. The van der Waals surface area contributed by atoms with Crippen LogP contribution in [0.2, 0.25) is 15.1 Å². The van der Waals surface area contributed by atoms with Gasteiger partial charge in [0.2, 0.25) is 11.8 Å². The number of hydrogen-bond acceptors (Lipinski definition) is 2. The lowest BCUT2D eigenvalue weighted by Gasteiger charge is -2.23. The van der Waals surface area contributed by atoms with E-state index in [2.05, 4.69) is 5.32 Å². The van der Waals surface area contributed by atoms with Crippen LogP contribution in [-0.2, 0) is 9.59 Å². The van der Waals surface area contributed by atoms with Gasteiger partial charge in [0.15, 0.2) is 0 Å². The Morgan fingerprint density at radius 3 is 2.36 bits per heavy atom. The highest BCUT2D eigenvalue weighted by Crippen LogP contribution is 2.30. The molecule has 0 fully saturated rings. The zero-order chi connectivity index (χ0) is 18.6. The maximum atomic E-state index is 12.2. The second-order valence-electron chi connectivity index (χ2n) is 5.45. The summed E-state index contributed by atoms with van der Waals surface area (Å²) < 4.78 is 0. The van der Waals surface area contributed by atoms with Crippen LogP contribution >= 0.6 is 34.8 Å². The minimum absolute atomic E-state index is 0.106. The average Bonchev–Trinajstić information content (AvgIpc) is 2.55. The highest BCUT2D eigenvalue weighted by atomic mass is 35.5. The molecule has 2 rings (SSSR count). The highest BCUT2D eigenvalue weighted by molar-refractivity contribution is 6.44. The maximum Gasteiger partial charge on any atom is 0.226 e. The Labute approximate surface area is 161 Å². The van der Waals surface area contributed by atoms with Gasteiger partial charge >= 0.3 is 0 Å². The summed E-state index contributed by atoms with van der Waals surface area (Å²) in [6.45, 7) is 3.51. The van der Waals surface area contributed by atoms with Crippen LogP contribution in [0.1, 0.15) is 18.9 Å². The van der Waals surface area contributed by atoms with Crippen molar-refractivity contribution in [3.63, 3.8) is 0 Å². The van der Waals surface area contributed by atoms with E-state index in [4.69, 9.17) is 34.8 Å². The quantitative estimate of drug-likeness (QED) is 0.738. The van der Waals surface area contributed by atoms with Crippen molar-refractivity contribution in [2.75, 3.05) is 16.8 Å². The zero-order valence-corrected chi connectivity index (χ0v) is 16.0. The second-order valence-corrected chi connectivity index (χ2v) is 6.65. The molecule has 0 unspecified atom stereocenters. The Kier molecular flexibility index (Phi) is 6.71. The summed E-state index contributed by atoms with van der Waals surface area (Å²) in [5, 5.41) is 3.92. The lowest BCUT2D eigenvalue weighted by molar-refractivity contribution is -0.117. The summed E-state index contributed by atoms with van der Waals surface area (Å²) in [7, 11) is 0. The summed E-state index contributed by atoms with van der Waals surface area (Å²) in [5.74, 6) is -0.436. The Balaban J connectivity index is 2.09. The molecule has 132 valence electrons. The SMILES string of the molecule is CC(=O)N(CCC(=O)Nc1cccc(Cl)c1Cl)c1cccc(Cl)c1C. The summed E-state index contributed by atoms with van der Waals surface area (Å²) in [4.78, 5) is 25.7. The highest BCUT2D eigenvalue weighted by Gasteiger charge is 2.17. The van der Waals surface area contributed by atoms with Crippen LogP contribution in [0.3, 0.4) is 0 Å². The summed E-state index contributed by atoms with van der Waals surface area (Å²) in [5.41, 5.74) is 1.92. The number of anilines is 2. The van der Waals surface area contributed by atoms with Gasteiger partial charge in [-0.15, -0.1) is 0 Å². The summed E-state index contributed by atoms with van der Waals surface area (Å²) in [6, 6.07) is 10.3. The predicted molar refractivity (Wildman–Crippen MR) is 104 cm³/mol. The van der Waals surface area contributed by atoms with Crippen LogP contribution in [0.25, 0.3) is 0 Å². The molecule has 0 aliphatic carbocycles. The van der Waals surface area contributed by atoms with Crippen molar-refractivity contribution in [3.05, 3.63) is 57.0 Å². The molecule has 0 bridgehead atoms. The smallest absolute Gasteiger partial charge is 0.226 e. The minimum Gasteiger partial charge on any atom is -0.325 e. The van der Waals surface area contributed by atoms with Gasteiger partial charge < -0.3 is 10.2 Å². The minimum atomic E-state index is -0.268. The number of benzene rings is 2. The molecule has 2 amide bonds. The Morgan fingerprint density at radius 1 is 1.04 bits per heavy atom. The molecule has 0 aliphatic heterocycles. The van der Waals surface area contributed by atoms with Crippen molar-refractivity contribution in [1.29, 1.82) is 0 Å². The number of nitrogens with zero attached hydrogens (tertiary/aromatic N) is 1. The topological polar surface area (TPSA) is 49.4 Å². The Bertz CT molecular complexity index is 809. The average molecular weight is 400 g/mol. The third-order valence-corrected chi connectivity index (χ3v) is 4.93. The molecule has 0 aromatic heterocycles. The maximum absolute atomic E-state index is 12.2. The predicted octanol–water partition coefficient (Wildman–Crippen LogP) is 5.34. The van der Waals surface area contributed by atoms with Crippen molar-refractivity contribution in [2.45, 2.75) is 20.3 Å². The number of halogens is 3. The van der Waals surface area contributed by atoms with Crippen LogP contribution < -0.4 is 10.2 Å². The lowest BCUT2D eigenvalue weighted by Crippen LogP contribution is -2.32. The van der Waals surface area contributed by atoms with E-state index in [0.717, 1.165) is 5.56 Å². The van der Waals surface area contributed by atoms with E-state index in [1.54, 1.807) is 36.4 Å². The molecule has 4 nitrogen and oxygen atoms in total. The van der Waals surface area contributed by atoms with Gasteiger partial charge in [-0.25, -0.2) is 0 Å². The fraction of sp³-hybridized carbons (Fsp3) is 0.222. The first-order valence-electron chi connectivity index (χ1n) is 7.58. The van der Waals surface area contributed by atoms with E-state index >= 15 is 0 Å². The fourth-order valence-corrected chi connectivity index (χ4v) is 2.88. The molecular weight excluding hydrogens is 383 g/mol. The molecule has 0 spiro atoms. The van der Waals surface area contributed by atoms with Gasteiger partial charge in [0.25, 0.3) is 0 Å². The Hall–Kier alpha value is -1.75. The first kappa shape index (κ1) is 19.6. The van der Waals surface area contributed by atoms with Crippen LogP contribution in [-0.4, -0.2) is 18.4 Å². The number of hydrogen-bond donors (Lipinski definition) is 1. The largest absolute Gasteiger partial charge is 0.325 e. The third kappa shape index (κ3) is 4.88. The monoisotopic (exact) mass is 398 g/mol. The van der Waals surface area contributed by atoms with Gasteiger partial charge in [0.1, 0.15) is 0 Å². The molecule has 2 aromatic rings. The first-order chi connectivity index (χ1) is 11.8. The van der Waals surface area contributed by atoms with E-state index in [9.17, 15) is 9.59 Å². The molecule has 0 atom stereocenters. The Morgan fingerprint density at radius 2 is 1.68 bits per heavy atom. The number of amides is 2. The van der Waals surface area contributed by atoms with Crippen molar-refractivity contribution >= 4 is 58.0 Å². The van der Waals surface area contributed by atoms with Crippen LogP contribution in [0.4, 0.5) is 11.4 Å². The van der Waals surface area contributed by atoms with Gasteiger partial charge in [0, 0.05) is 30.6 Å². The second kappa shape index (κ2) is 8.56. The molecule has 25 heavy (non-hydrogen) atoms. The fourth-order valence-electron chi connectivity index (χ4n) is 2.36. The third-order valence-electron chi connectivity index (χ3n) is 3.70. The molecular formula is C18H17Cl3N2O2. The van der Waals surface area contributed by atoms with Crippen LogP contribution in [0.5, 0.6) is 0 Å². The number of carbonyl (C=O) groups excluding carboxylic acids is 2. The van der Waals surface area contributed by atoms with E-state index in [1.807, 2.05) is 6.92 Å². The van der Waals surface area contributed by atoms with Crippen molar-refractivity contribution < 1.29 is 9.59 Å². The van der Waals surface area contributed by atoms with Crippen molar-refractivity contribution in [2.24, 2.45) is 0 Å². The standard InChI is InChI=1S/C18H17Cl3N2O2/c1-11-13(19)5-4-8-16(11)23(12(2)24)10-9-17(25)22-15-7-3-6-14(20)18(15)21/h3-8H,9-10H2,1-2H3,(H,22,25). The molecule has 1 N–H and O–H groups in total. The van der Waals surface area contributed by atoms with E-state index in [-0.39, 0.29) is 29.8 Å². The van der Waals surface area contributed by atoms with Crippen molar-refractivity contribution in [3.8, 4) is 0 Å². The van der Waals surface area contributed by atoms with Crippen LogP contribution in [0, 0.1) is 6.92 Å². The van der Waals surface area contributed by atoms with Gasteiger partial charge in [-0.3, -0.25) is 9.59 Å². The summed E-state index contributed by atoms with van der Waals surface area (Å²) >= 11 is 18.1. The number of carbonyl (C=O) groups is 2. The van der Waals surface area contributed by atoms with Gasteiger partial charge in [-0.05, 0) is 36.8 Å². The molecule has 0 heterocycles. The van der Waals surface area contributed by atoms with Crippen molar-refractivity contribution in [1.82, 2.24) is 0 Å². The van der Waals surface area contributed by atoms with E-state index < -0.39 is 0 Å². The number of rotatable bonds is 5. The normalized spacial score (nSPS) is 10.4. The zero-order valence-electron chi connectivity index (χ0n) is 13.8. The van der Waals surface area contributed by atoms with E-state index in [0.29, 0.717) is 21.4 Å². The number of nitrogens with one attached hydrogen (secondary N) is 1. The first-order valence-corrected chi connectivity index (χ1v) is 8.71. The van der Waals surface area contributed by atoms with Gasteiger partial charge in [-0.1, -0.05) is 46.9 Å². The van der Waals surface area contributed by atoms with Gasteiger partial charge in [-0.2, -0.15) is 0 Å². The molecule has 2 aromatic carbocycles. The summed E-state index contributed by atoms with van der Waals surface area (Å²) in [6.07, 6.45) is 0.106. The molecule has 0 saturated carbocycles. The molecule has 7 heteroatoms. The molecule has 0 radical (unpaired) electrons. The van der Waals surface area contributed by atoms with E-state index in [1.165, 1.54) is 11.8 Å². The van der Waals surface area contributed by atoms with Gasteiger partial charge in [0.05, 0.1) is 15.7 Å². The van der Waals surface area contributed by atoms with Crippen LogP contribution in [0.15, 0.2) is 36.4 Å².